The number of hydrogen-bond acceptors (Lipinski definition) is 4. The molecule has 0 spiro atoms. The van der Waals surface area contributed by atoms with Gasteiger partial charge in [0.05, 0.1) is 18.4 Å². The highest BCUT2D eigenvalue weighted by atomic mass is 16.5. The predicted octanol–water partition coefficient (Wildman–Crippen LogP) is 4.37. The Hall–Kier alpha value is -3.80. The third-order valence-corrected chi connectivity index (χ3v) is 4.77. The van der Waals surface area contributed by atoms with E-state index in [0.29, 0.717) is 29.3 Å². The fourth-order valence-electron chi connectivity index (χ4n) is 3.11. The molecule has 0 saturated heterocycles. The Labute approximate surface area is 182 Å². The molecule has 0 heterocycles. The van der Waals surface area contributed by atoms with Crippen LogP contribution in [0.25, 0.3) is 0 Å². The zero-order valence-corrected chi connectivity index (χ0v) is 17.9. The molecule has 3 aromatic carbocycles. The number of methoxy groups -OCH3 is 1. The highest BCUT2D eigenvalue weighted by Crippen LogP contribution is 2.27. The molecule has 6 heteroatoms. The van der Waals surface area contributed by atoms with Crippen LogP contribution in [0.2, 0.25) is 0 Å². The molecular weight excluding hydrogens is 392 g/mol. The van der Waals surface area contributed by atoms with Crippen LogP contribution in [0, 0.1) is 0 Å². The quantitative estimate of drug-likeness (QED) is 0.590. The van der Waals surface area contributed by atoms with E-state index in [1.54, 1.807) is 68.4 Å². The molecule has 0 aliphatic rings. The summed E-state index contributed by atoms with van der Waals surface area (Å²) in [7, 11) is 3.28. The summed E-state index contributed by atoms with van der Waals surface area (Å²) in [5.41, 5.74) is 1.88. The Balaban J connectivity index is 1.70. The van der Waals surface area contributed by atoms with E-state index in [-0.39, 0.29) is 11.8 Å². The van der Waals surface area contributed by atoms with Crippen molar-refractivity contribution >= 4 is 17.5 Å². The Kier molecular flexibility index (Phi) is 7.27. The van der Waals surface area contributed by atoms with Crippen LogP contribution in [-0.4, -0.2) is 37.0 Å². The minimum absolute atomic E-state index is 0.182. The summed E-state index contributed by atoms with van der Waals surface area (Å²) < 4.78 is 11.0. The third-order valence-electron chi connectivity index (χ3n) is 4.77. The van der Waals surface area contributed by atoms with Crippen LogP contribution in [0.1, 0.15) is 22.8 Å². The predicted molar refractivity (Wildman–Crippen MR) is 120 cm³/mol. The zero-order chi connectivity index (χ0) is 22.2. The smallest absolute Gasteiger partial charge is 0.265 e. The van der Waals surface area contributed by atoms with E-state index >= 15 is 0 Å². The molecule has 2 amide bonds. The molecule has 3 rings (SSSR count). The van der Waals surface area contributed by atoms with Crippen molar-refractivity contribution < 1.29 is 19.1 Å². The molecule has 31 heavy (non-hydrogen) atoms. The summed E-state index contributed by atoms with van der Waals surface area (Å²) in [5.74, 6) is 0.467. The van der Waals surface area contributed by atoms with Crippen molar-refractivity contribution in [2.24, 2.45) is 0 Å². The molecule has 1 atom stereocenters. The second kappa shape index (κ2) is 10.3. The molecule has 0 bridgehead atoms. The van der Waals surface area contributed by atoms with Gasteiger partial charge in [-0.3, -0.25) is 9.59 Å². The SMILES string of the molecule is COc1ccccc1OC(C)C(=O)Nc1ccccc1C(=O)N(C)Cc1ccccc1. The van der Waals surface area contributed by atoms with E-state index in [9.17, 15) is 9.59 Å². The number of amides is 2. The molecule has 0 saturated carbocycles. The first-order valence-electron chi connectivity index (χ1n) is 9.98. The summed E-state index contributed by atoms with van der Waals surface area (Å²) in [6.45, 7) is 2.11. The fraction of sp³-hybridized carbons (Fsp3) is 0.200. The van der Waals surface area contributed by atoms with Crippen LogP contribution in [0.15, 0.2) is 78.9 Å². The van der Waals surface area contributed by atoms with Crippen LogP contribution in [0.4, 0.5) is 5.69 Å². The number of hydrogen-bond donors (Lipinski definition) is 1. The van der Waals surface area contributed by atoms with Crippen molar-refractivity contribution in [3.05, 3.63) is 90.0 Å². The van der Waals surface area contributed by atoms with E-state index < -0.39 is 6.10 Å². The Morgan fingerprint density at radius 3 is 2.23 bits per heavy atom. The lowest BCUT2D eigenvalue weighted by Crippen LogP contribution is -2.32. The third kappa shape index (κ3) is 5.63. The summed E-state index contributed by atoms with van der Waals surface area (Å²) in [5, 5.41) is 2.82. The van der Waals surface area contributed by atoms with Gasteiger partial charge in [-0.2, -0.15) is 0 Å². The molecule has 0 aliphatic heterocycles. The molecule has 0 aliphatic carbocycles. The van der Waals surface area contributed by atoms with Gasteiger partial charge in [0.1, 0.15) is 0 Å². The number of benzene rings is 3. The number of nitrogens with zero attached hydrogens (tertiary/aromatic N) is 1. The molecule has 0 radical (unpaired) electrons. The lowest BCUT2D eigenvalue weighted by molar-refractivity contribution is -0.122. The number of carbonyl (C=O) groups is 2. The van der Waals surface area contributed by atoms with Gasteiger partial charge in [-0.15, -0.1) is 0 Å². The van der Waals surface area contributed by atoms with Crippen molar-refractivity contribution in [3.63, 3.8) is 0 Å². The monoisotopic (exact) mass is 418 g/mol. The van der Waals surface area contributed by atoms with Crippen molar-refractivity contribution in [1.82, 2.24) is 4.90 Å². The molecule has 0 aromatic heterocycles. The maximum Gasteiger partial charge on any atom is 0.265 e. The van der Waals surface area contributed by atoms with Crippen LogP contribution >= 0.6 is 0 Å². The van der Waals surface area contributed by atoms with Gasteiger partial charge in [-0.25, -0.2) is 0 Å². The van der Waals surface area contributed by atoms with Crippen molar-refractivity contribution in [3.8, 4) is 11.5 Å². The lowest BCUT2D eigenvalue weighted by Gasteiger charge is -2.21. The summed E-state index contributed by atoms with van der Waals surface area (Å²) in [6, 6.07) is 23.8. The number of carbonyl (C=O) groups excluding carboxylic acids is 2. The van der Waals surface area contributed by atoms with Gasteiger partial charge in [-0.05, 0) is 36.8 Å². The zero-order valence-electron chi connectivity index (χ0n) is 17.9. The summed E-state index contributed by atoms with van der Waals surface area (Å²) in [6.07, 6.45) is -0.790. The van der Waals surface area contributed by atoms with E-state index in [0.717, 1.165) is 5.56 Å². The first kappa shape index (κ1) is 21.9. The Morgan fingerprint density at radius 2 is 1.52 bits per heavy atom. The Morgan fingerprint density at radius 1 is 0.903 bits per heavy atom. The maximum absolute atomic E-state index is 13.0. The Bertz CT molecular complexity index is 1040. The summed E-state index contributed by atoms with van der Waals surface area (Å²) in [4.78, 5) is 27.4. The molecule has 160 valence electrons. The van der Waals surface area contributed by atoms with Crippen LogP contribution in [-0.2, 0) is 11.3 Å². The minimum Gasteiger partial charge on any atom is -0.493 e. The normalized spacial score (nSPS) is 11.3. The van der Waals surface area contributed by atoms with Gasteiger partial charge < -0.3 is 19.7 Å². The minimum atomic E-state index is -0.790. The number of anilines is 1. The molecule has 0 fully saturated rings. The van der Waals surface area contributed by atoms with Crippen molar-refractivity contribution in [1.29, 1.82) is 0 Å². The first-order valence-corrected chi connectivity index (χ1v) is 9.98. The average Bonchev–Trinajstić information content (AvgIpc) is 2.80. The molecule has 1 N–H and O–H groups in total. The second-order valence-corrected chi connectivity index (χ2v) is 7.09. The number of para-hydroxylation sites is 3. The van der Waals surface area contributed by atoms with Crippen LogP contribution in [0.3, 0.4) is 0 Å². The largest absolute Gasteiger partial charge is 0.493 e. The number of nitrogens with one attached hydrogen (secondary N) is 1. The van der Waals surface area contributed by atoms with Gasteiger partial charge in [-0.1, -0.05) is 54.6 Å². The molecule has 3 aromatic rings. The van der Waals surface area contributed by atoms with Crippen molar-refractivity contribution in [2.45, 2.75) is 19.6 Å². The summed E-state index contributed by atoms with van der Waals surface area (Å²) >= 11 is 0. The van der Waals surface area contributed by atoms with E-state index in [2.05, 4.69) is 5.32 Å². The van der Waals surface area contributed by atoms with Crippen LogP contribution in [0.5, 0.6) is 11.5 Å². The van der Waals surface area contributed by atoms with Crippen LogP contribution < -0.4 is 14.8 Å². The van der Waals surface area contributed by atoms with Gasteiger partial charge in [0.25, 0.3) is 11.8 Å². The molecule has 1 unspecified atom stereocenters. The fourth-order valence-corrected chi connectivity index (χ4v) is 3.11. The maximum atomic E-state index is 13.0. The lowest BCUT2D eigenvalue weighted by atomic mass is 10.1. The highest BCUT2D eigenvalue weighted by molar-refractivity contribution is 6.04. The molecular formula is C25H26N2O4. The topological polar surface area (TPSA) is 67.9 Å². The van der Waals surface area contributed by atoms with Gasteiger partial charge >= 0.3 is 0 Å². The van der Waals surface area contributed by atoms with E-state index in [4.69, 9.17) is 9.47 Å². The second-order valence-electron chi connectivity index (χ2n) is 7.09. The van der Waals surface area contributed by atoms with E-state index in [1.165, 1.54) is 0 Å². The number of ether oxygens (including phenoxy) is 2. The van der Waals surface area contributed by atoms with Crippen molar-refractivity contribution in [2.75, 3.05) is 19.5 Å². The highest BCUT2D eigenvalue weighted by Gasteiger charge is 2.21. The van der Waals surface area contributed by atoms with Gasteiger partial charge in [0.15, 0.2) is 17.6 Å². The van der Waals surface area contributed by atoms with Gasteiger partial charge in [0, 0.05) is 13.6 Å². The average molecular weight is 418 g/mol. The first-order chi connectivity index (χ1) is 15.0. The molecule has 6 nitrogen and oxygen atoms in total. The van der Waals surface area contributed by atoms with Gasteiger partial charge in [0.2, 0.25) is 0 Å². The van der Waals surface area contributed by atoms with E-state index in [1.807, 2.05) is 36.4 Å². The standard InChI is InChI=1S/C25H26N2O4/c1-18(31-23-16-10-9-15-22(23)30-3)24(28)26-21-14-8-7-13-20(21)25(29)27(2)17-19-11-5-4-6-12-19/h4-16,18H,17H2,1-3H3,(H,26,28). The number of rotatable bonds is 8.